The van der Waals surface area contributed by atoms with Crippen LogP contribution in [0.25, 0.3) is 64.3 Å². The predicted molar refractivity (Wildman–Crippen MR) is 234 cm³/mol. The van der Waals surface area contributed by atoms with E-state index in [1.54, 1.807) is 0 Å². The Hall–Kier alpha value is -5.96. The second-order valence-electron chi connectivity index (χ2n) is 14.7. The molecule has 54 heavy (non-hydrogen) atoms. The number of rotatable bonds is 7. The highest BCUT2D eigenvalue weighted by Crippen LogP contribution is 2.48. The molecule has 10 rings (SSSR count). The van der Waals surface area contributed by atoms with Crippen LogP contribution < -0.4 is 4.90 Å². The average Bonchev–Trinajstić information content (AvgIpc) is 3.62. The quantitative estimate of drug-likeness (QED) is 0.159. The van der Waals surface area contributed by atoms with Crippen LogP contribution in [0.2, 0.25) is 0 Å². The first-order valence-electron chi connectivity index (χ1n) is 19.4. The summed E-state index contributed by atoms with van der Waals surface area (Å²) < 4.78 is 2.65. The first-order chi connectivity index (χ1) is 26.8. The molecule has 1 fully saturated rings. The van der Waals surface area contributed by atoms with Gasteiger partial charge in [0.05, 0.1) is 5.69 Å². The standard InChI is InChI=1S/C52H41NS/c1-4-15-36(16-5-1)43-24-14-25-44(37-17-6-2-7-18-37)51(43)40-27-30-41(31-28-40)53(42-32-33-47-46-23-12-13-26-49(46)54-50(47)35-42)48-34-29-38-19-10-11-22-45(38)52(48)39-20-8-3-9-21-39/h1-2,4-7,10-19,22-35,39H,3,8-9,20-21H2. The summed E-state index contributed by atoms with van der Waals surface area (Å²) in [6.45, 7) is 0. The third-order valence-electron chi connectivity index (χ3n) is 11.5. The van der Waals surface area contributed by atoms with E-state index in [0.29, 0.717) is 5.92 Å². The highest BCUT2D eigenvalue weighted by atomic mass is 32.1. The Kier molecular flexibility index (Phi) is 8.54. The molecule has 0 atom stereocenters. The van der Waals surface area contributed by atoms with Crippen molar-refractivity contribution in [3.63, 3.8) is 0 Å². The summed E-state index contributed by atoms with van der Waals surface area (Å²) in [7, 11) is 0. The van der Waals surface area contributed by atoms with E-state index < -0.39 is 0 Å². The first kappa shape index (κ1) is 32.7. The number of hydrogen-bond acceptors (Lipinski definition) is 2. The van der Waals surface area contributed by atoms with Gasteiger partial charge in [0.15, 0.2) is 0 Å². The first-order valence-corrected chi connectivity index (χ1v) is 20.2. The Morgan fingerprint density at radius 2 is 1.04 bits per heavy atom. The van der Waals surface area contributed by atoms with Gasteiger partial charge >= 0.3 is 0 Å². The van der Waals surface area contributed by atoms with Gasteiger partial charge in [-0.15, -0.1) is 11.3 Å². The van der Waals surface area contributed by atoms with Crippen molar-refractivity contribution in [2.24, 2.45) is 0 Å². The fourth-order valence-corrected chi connectivity index (χ4v) is 10.1. The number of nitrogens with zero attached hydrogens (tertiary/aromatic N) is 1. The van der Waals surface area contributed by atoms with E-state index in [2.05, 4.69) is 187 Å². The highest BCUT2D eigenvalue weighted by Gasteiger charge is 2.26. The molecule has 0 N–H and O–H groups in total. The van der Waals surface area contributed by atoms with Crippen molar-refractivity contribution >= 4 is 59.3 Å². The summed E-state index contributed by atoms with van der Waals surface area (Å²) in [5.41, 5.74) is 12.6. The molecule has 2 heteroatoms. The molecule has 1 aliphatic carbocycles. The molecular formula is C52H41NS. The van der Waals surface area contributed by atoms with Crippen molar-refractivity contribution < 1.29 is 0 Å². The highest BCUT2D eigenvalue weighted by molar-refractivity contribution is 7.25. The minimum Gasteiger partial charge on any atom is -0.310 e. The van der Waals surface area contributed by atoms with Crippen LogP contribution >= 0.6 is 11.3 Å². The van der Waals surface area contributed by atoms with Crippen molar-refractivity contribution in [1.82, 2.24) is 0 Å². The Morgan fingerprint density at radius 1 is 0.426 bits per heavy atom. The van der Waals surface area contributed by atoms with Gasteiger partial charge in [0, 0.05) is 31.5 Å². The van der Waals surface area contributed by atoms with Gasteiger partial charge in [0.25, 0.3) is 0 Å². The van der Waals surface area contributed by atoms with Gasteiger partial charge in [-0.25, -0.2) is 0 Å². The van der Waals surface area contributed by atoms with Gasteiger partial charge in [0.1, 0.15) is 0 Å². The van der Waals surface area contributed by atoms with Crippen LogP contribution in [0.4, 0.5) is 17.1 Å². The minimum atomic E-state index is 0.529. The van der Waals surface area contributed by atoms with Crippen molar-refractivity contribution in [1.29, 1.82) is 0 Å². The smallest absolute Gasteiger partial charge is 0.0502 e. The normalized spacial score (nSPS) is 13.5. The zero-order valence-electron chi connectivity index (χ0n) is 30.3. The molecule has 260 valence electrons. The lowest BCUT2D eigenvalue weighted by Crippen LogP contribution is -2.15. The third kappa shape index (κ3) is 5.88. The molecule has 0 aliphatic heterocycles. The lowest BCUT2D eigenvalue weighted by atomic mass is 9.81. The monoisotopic (exact) mass is 711 g/mol. The Balaban J connectivity index is 1.18. The molecule has 9 aromatic rings. The van der Waals surface area contributed by atoms with E-state index in [1.807, 2.05) is 11.3 Å². The summed E-state index contributed by atoms with van der Waals surface area (Å²) in [5.74, 6) is 0.529. The zero-order chi connectivity index (χ0) is 35.8. The minimum absolute atomic E-state index is 0.529. The molecule has 1 nitrogen and oxygen atoms in total. The van der Waals surface area contributed by atoms with Crippen LogP contribution in [0.5, 0.6) is 0 Å². The maximum absolute atomic E-state index is 2.55. The van der Waals surface area contributed by atoms with Gasteiger partial charge in [0.2, 0.25) is 0 Å². The summed E-state index contributed by atoms with van der Waals surface area (Å²) >= 11 is 1.89. The zero-order valence-corrected chi connectivity index (χ0v) is 31.1. The van der Waals surface area contributed by atoms with Crippen LogP contribution in [0.15, 0.2) is 182 Å². The SMILES string of the molecule is c1ccc(-c2cccc(-c3ccccc3)c2-c2ccc(N(c3ccc4c(c3)sc3ccccc34)c3ccc4ccccc4c3C3CCCCC3)cc2)cc1. The molecule has 1 saturated carbocycles. The molecule has 0 radical (unpaired) electrons. The molecule has 1 aliphatic rings. The van der Waals surface area contributed by atoms with Crippen LogP contribution in [0.1, 0.15) is 43.6 Å². The topological polar surface area (TPSA) is 3.24 Å². The lowest BCUT2D eigenvalue weighted by Gasteiger charge is -2.33. The Bertz CT molecular complexity index is 2680. The van der Waals surface area contributed by atoms with Gasteiger partial charge in [-0.05, 0) is 105 Å². The largest absolute Gasteiger partial charge is 0.310 e. The van der Waals surface area contributed by atoms with Crippen molar-refractivity contribution in [3.05, 3.63) is 188 Å². The molecule has 0 amide bonds. The van der Waals surface area contributed by atoms with Gasteiger partial charge in [-0.2, -0.15) is 0 Å². The number of anilines is 3. The lowest BCUT2D eigenvalue weighted by molar-refractivity contribution is 0.446. The molecule has 0 spiro atoms. The molecule has 8 aromatic carbocycles. The molecule has 0 bridgehead atoms. The summed E-state index contributed by atoms with van der Waals surface area (Å²) in [6.07, 6.45) is 6.39. The van der Waals surface area contributed by atoms with Gasteiger partial charge in [-0.1, -0.05) is 165 Å². The van der Waals surface area contributed by atoms with Gasteiger partial charge < -0.3 is 4.90 Å². The molecule has 1 heterocycles. The maximum Gasteiger partial charge on any atom is 0.0502 e. The summed E-state index contributed by atoms with van der Waals surface area (Å²) in [4.78, 5) is 2.55. The summed E-state index contributed by atoms with van der Waals surface area (Å²) in [5, 5.41) is 5.37. The van der Waals surface area contributed by atoms with Crippen LogP contribution in [0, 0.1) is 0 Å². The van der Waals surface area contributed by atoms with Crippen LogP contribution in [-0.2, 0) is 0 Å². The van der Waals surface area contributed by atoms with Crippen molar-refractivity contribution in [3.8, 4) is 33.4 Å². The van der Waals surface area contributed by atoms with Crippen LogP contribution in [0.3, 0.4) is 0 Å². The third-order valence-corrected chi connectivity index (χ3v) is 12.6. The predicted octanol–water partition coefficient (Wildman–Crippen LogP) is 15.7. The number of thiophene rings is 1. The van der Waals surface area contributed by atoms with E-state index in [0.717, 1.165) is 0 Å². The number of benzene rings is 8. The maximum atomic E-state index is 2.55. The molecule has 0 saturated heterocycles. The van der Waals surface area contributed by atoms with E-state index in [-0.39, 0.29) is 0 Å². The van der Waals surface area contributed by atoms with Crippen LogP contribution in [-0.4, -0.2) is 0 Å². The van der Waals surface area contributed by atoms with E-state index in [1.165, 1.54) is 119 Å². The van der Waals surface area contributed by atoms with E-state index in [9.17, 15) is 0 Å². The fraction of sp³-hybridized carbons (Fsp3) is 0.115. The second-order valence-corrected chi connectivity index (χ2v) is 15.8. The Morgan fingerprint density at radius 3 is 1.76 bits per heavy atom. The second kappa shape index (κ2) is 14.1. The number of hydrogen-bond donors (Lipinski definition) is 0. The van der Waals surface area contributed by atoms with E-state index in [4.69, 9.17) is 0 Å². The molecular weight excluding hydrogens is 671 g/mol. The van der Waals surface area contributed by atoms with Crippen molar-refractivity contribution in [2.45, 2.75) is 38.0 Å². The molecule has 1 aromatic heterocycles. The Labute approximate surface area is 321 Å². The van der Waals surface area contributed by atoms with E-state index >= 15 is 0 Å². The molecule has 0 unspecified atom stereocenters. The fourth-order valence-electron chi connectivity index (χ4n) is 8.94. The van der Waals surface area contributed by atoms with Crippen molar-refractivity contribution in [2.75, 3.05) is 4.90 Å². The summed E-state index contributed by atoms with van der Waals surface area (Å²) in [6, 6.07) is 67.4. The average molecular weight is 712 g/mol. The number of fused-ring (bicyclic) bond motifs is 4. The van der Waals surface area contributed by atoms with Gasteiger partial charge in [-0.3, -0.25) is 0 Å².